The van der Waals surface area contributed by atoms with Gasteiger partial charge in [0.2, 0.25) is 0 Å². The summed E-state index contributed by atoms with van der Waals surface area (Å²) in [6.07, 6.45) is 2.16. The third kappa shape index (κ3) is 7.87. The molecule has 7 rings (SSSR count). The van der Waals surface area contributed by atoms with E-state index in [1.54, 1.807) is 6.92 Å². The lowest BCUT2D eigenvalue weighted by Gasteiger charge is -2.24. The molecule has 246 valence electrons. The predicted molar refractivity (Wildman–Crippen MR) is 191 cm³/mol. The van der Waals surface area contributed by atoms with E-state index in [1.165, 1.54) is 0 Å². The van der Waals surface area contributed by atoms with Crippen LogP contribution in [0.15, 0.2) is 97.1 Å². The fourth-order valence-electron chi connectivity index (χ4n) is 6.12. The molecule has 0 amide bonds. The molecular weight excluding hydrogens is 604 g/mol. The van der Waals surface area contributed by atoms with E-state index < -0.39 is 5.97 Å². The number of nitrogens with two attached hydrogens (primary N) is 1. The van der Waals surface area contributed by atoms with Gasteiger partial charge in [-0.3, -0.25) is 9.59 Å². The van der Waals surface area contributed by atoms with Gasteiger partial charge in [0.1, 0.15) is 0 Å². The Morgan fingerprint density at radius 2 is 1.38 bits per heavy atom. The first-order valence-corrected chi connectivity index (χ1v) is 16.3. The maximum Gasteiger partial charge on any atom is 0.310 e. The van der Waals surface area contributed by atoms with E-state index in [0.29, 0.717) is 18.3 Å². The summed E-state index contributed by atoms with van der Waals surface area (Å²) in [6, 6.07) is 32.4. The highest BCUT2D eigenvalue weighted by Gasteiger charge is 2.17. The smallest absolute Gasteiger partial charge is 0.310 e. The minimum Gasteiger partial charge on any atom is -0.481 e. The molecule has 3 heterocycles. The number of aromatic amines is 2. The molecule has 1 fully saturated rings. The summed E-state index contributed by atoms with van der Waals surface area (Å²) in [5.41, 5.74) is 15.6. The number of fused-ring (bicyclic) bond motifs is 2. The number of anilines is 2. The minimum absolute atomic E-state index is 0.0181. The fraction of sp³-hybridized carbons (Fsp3) is 0.231. The van der Waals surface area contributed by atoms with Crippen molar-refractivity contribution in [1.82, 2.24) is 9.97 Å². The molecule has 0 aliphatic carbocycles. The molecule has 9 nitrogen and oxygen atoms in total. The molecule has 0 radical (unpaired) electrons. The number of aliphatic carboxylic acids is 1. The molecule has 1 aliphatic heterocycles. The van der Waals surface area contributed by atoms with Gasteiger partial charge in [0.25, 0.3) is 0 Å². The standard InChI is InChI=1S/C21H22N2O3.C18H18N2O2/c24-20(25)12-14-10-16-13-18(15-4-2-1-3-5-15)23-21(16)19(11-14)22-17-6-8-26-9-7-17;1-2-22-17(21)10-12-8-14-11-16(13-6-4-3-5-7-13)20-18(14)15(19)9-12/h1-5,10-11,13,17,22-23H,6-9,12H2,(H,24,25);3-9,11,20H,2,10,19H2,1H3. The van der Waals surface area contributed by atoms with Crippen LogP contribution >= 0.6 is 0 Å². The molecule has 6 aromatic rings. The quantitative estimate of drug-likeness (QED) is 0.0807. The fourth-order valence-corrected chi connectivity index (χ4v) is 6.12. The number of ether oxygens (including phenoxy) is 2. The van der Waals surface area contributed by atoms with E-state index >= 15 is 0 Å². The number of nitrogens with one attached hydrogen (secondary N) is 3. The number of H-pyrrole nitrogens is 2. The lowest BCUT2D eigenvalue weighted by Crippen LogP contribution is -2.28. The summed E-state index contributed by atoms with van der Waals surface area (Å²) in [5.74, 6) is -1.06. The van der Waals surface area contributed by atoms with Crippen LogP contribution < -0.4 is 11.1 Å². The van der Waals surface area contributed by atoms with Crippen molar-refractivity contribution in [2.45, 2.75) is 38.6 Å². The molecule has 0 unspecified atom stereocenters. The number of carbonyl (C=O) groups excluding carboxylic acids is 1. The molecule has 2 aromatic heterocycles. The Kier molecular flexibility index (Phi) is 10.1. The summed E-state index contributed by atoms with van der Waals surface area (Å²) >= 11 is 0. The minimum atomic E-state index is -0.819. The summed E-state index contributed by atoms with van der Waals surface area (Å²) in [4.78, 5) is 29.7. The normalized spacial score (nSPS) is 13.2. The summed E-state index contributed by atoms with van der Waals surface area (Å²) in [7, 11) is 0. The van der Waals surface area contributed by atoms with Crippen LogP contribution in [0.5, 0.6) is 0 Å². The Morgan fingerprint density at radius 3 is 1.96 bits per heavy atom. The van der Waals surface area contributed by atoms with Gasteiger partial charge in [0, 0.05) is 41.4 Å². The number of hydrogen-bond acceptors (Lipinski definition) is 6. The molecule has 1 aliphatic rings. The predicted octanol–water partition coefficient (Wildman–Crippen LogP) is 7.58. The Balaban J connectivity index is 0.000000170. The van der Waals surface area contributed by atoms with E-state index in [4.69, 9.17) is 15.2 Å². The van der Waals surface area contributed by atoms with E-state index in [9.17, 15) is 14.7 Å². The molecular formula is C39H40N4O5. The maximum atomic E-state index is 11.6. The monoisotopic (exact) mass is 644 g/mol. The van der Waals surface area contributed by atoms with Crippen LogP contribution in [-0.2, 0) is 31.9 Å². The molecule has 0 saturated carbocycles. The Morgan fingerprint density at radius 1 is 0.812 bits per heavy atom. The van der Waals surface area contributed by atoms with E-state index in [2.05, 4.69) is 39.6 Å². The number of carboxylic acid groups (broad SMARTS) is 1. The number of aromatic nitrogens is 2. The van der Waals surface area contributed by atoms with Gasteiger partial charge in [0.15, 0.2) is 0 Å². The second kappa shape index (κ2) is 14.9. The van der Waals surface area contributed by atoms with Crippen LogP contribution in [-0.4, -0.2) is 52.9 Å². The van der Waals surface area contributed by atoms with Gasteiger partial charge < -0.3 is 35.6 Å². The number of carbonyl (C=O) groups is 2. The average Bonchev–Trinajstić information content (AvgIpc) is 3.72. The van der Waals surface area contributed by atoms with Crippen molar-refractivity contribution in [3.63, 3.8) is 0 Å². The van der Waals surface area contributed by atoms with Crippen LogP contribution in [0.4, 0.5) is 11.4 Å². The van der Waals surface area contributed by atoms with Crippen molar-refractivity contribution in [2.24, 2.45) is 0 Å². The Bertz CT molecular complexity index is 2010. The van der Waals surface area contributed by atoms with Crippen LogP contribution in [0, 0.1) is 0 Å². The molecule has 9 heteroatoms. The zero-order valence-corrected chi connectivity index (χ0v) is 26.9. The number of benzene rings is 4. The lowest BCUT2D eigenvalue weighted by molar-refractivity contribution is -0.142. The molecule has 0 atom stereocenters. The van der Waals surface area contributed by atoms with Crippen molar-refractivity contribution >= 4 is 45.1 Å². The van der Waals surface area contributed by atoms with Gasteiger partial charge in [-0.2, -0.15) is 0 Å². The second-order valence-electron chi connectivity index (χ2n) is 11.9. The van der Waals surface area contributed by atoms with Crippen molar-refractivity contribution < 1.29 is 24.2 Å². The van der Waals surface area contributed by atoms with E-state index in [0.717, 1.165) is 87.2 Å². The van der Waals surface area contributed by atoms with Gasteiger partial charge >= 0.3 is 11.9 Å². The third-order valence-corrected chi connectivity index (χ3v) is 8.37. The SMILES string of the molecule is CCOC(=O)Cc1cc(N)c2[nH]c(-c3ccccc3)cc2c1.O=C(O)Cc1cc(NC2CCOCC2)c2[nH]c(-c3ccccc3)cc2c1. The van der Waals surface area contributed by atoms with Crippen molar-refractivity contribution in [2.75, 3.05) is 30.9 Å². The molecule has 6 N–H and O–H groups in total. The summed E-state index contributed by atoms with van der Waals surface area (Å²) in [6.45, 7) is 3.71. The first-order chi connectivity index (χ1) is 23.4. The molecule has 48 heavy (non-hydrogen) atoms. The van der Waals surface area contributed by atoms with Crippen molar-refractivity contribution in [1.29, 1.82) is 0 Å². The zero-order valence-electron chi connectivity index (χ0n) is 26.9. The van der Waals surface area contributed by atoms with E-state index in [-0.39, 0.29) is 18.8 Å². The molecule has 4 aromatic carbocycles. The Labute approximate surface area is 279 Å². The van der Waals surface area contributed by atoms with Gasteiger partial charge in [0.05, 0.1) is 41.9 Å². The van der Waals surface area contributed by atoms with Crippen molar-refractivity contribution in [3.05, 3.63) is 108 Å². The highest BCUT2D eigenvalue weighted by atomic mass is 16.5. The van der Waals surface area contributed by atoms with Crippen molar-refractivity contribution in [3.8, 4) is 22.5 Å². The first-order valence-electron chi connectivity index (χ1n) is 16.3. The maximum absolute atomic E-state index is 11.6. The topological polar surface area (TPSA) is 142 Å². The number of carboxylic acids is 1. The van der Waals surface area contributed by atoms with E-state index in [1.807, 2.05) is 72.8 Å². The van der Waals surface area contributed by atoms with Crippen LogP contribution in [0.25, 0.3) is 44.3 Å². The van der Waals surface area contributed by atoms with Gasteiger partial charge in [-0.1, -0.05) is 60.7 Å². The van der Waals surface area contributed by atoms with Gasteiger partial charge in [-0.15, -0.1) is 0 Å². The number of rotatable bonds is 9. The largest absolute Gasteiger partial charge is 0.481 e. The molecule has 1 saturated heterocycles. The lowest BCUT2D eigenvalue weighted by atomic mass is 10.0. The zero-order chi connectivity index (χ0) is 33.5. The molecule has 0 spiro atoms. The number of hydrogen-bond donors (Lipinski definition) is 5. The highest BCUT2D eigenvalue weighted by Crippen LogP contribution is 2.32. The Hall–Kier alpha value is -5.54. The number of nitrogen functional groups attached to an aromatic ring is 1. The first kappa shape index (κ1) is 32.4. The summed E-state index contributed by atoms with van der Waals surface area (Å²) < 4.78 is 10.4. The third-order valence-electron chi connectivity index (χ3n) is 8.37. The van der Waals surface area contributed by atoms with Crippen LogP contribution in [0.1, 0.15) is 30.9 Å². The average molecular weight is 645 g/mol. The number of esters is 1. The van der Waals surface area contributed by atoms with Gasteiger partial charge in [-0.05, 0) is 78.4 Å². The van der Waals surface area contributed by atoms with Gasteiger partial charge in [-0.25, -0.2) is 0 Å². The highest BCUT2D eigenvalue weighted by molar-refractivity contribution is 5.97. The van der Waals surface area contributed by atoms with Crippen LogP contribution in [0.3, 0.4) is 0 Å². The molecule has 0 bridgehead atoms. The second-order valence-corrected chi connectivity index (χ2v) is 11.9. The van der Waals surface area contributed by atoms with Crippen LogP contribution in [0.2, 0.25) is 0 Å². The summed E-state index contributed by atoms with van der Waals surface area (Å²) in [5, 5.41) is 14.8.